The Morgan fingerprint density at radius 3 is 2.56 bits per heavy atom. The molecule has 1 saturated heterocycles. The monoisotopic (exact) mass is 481 g/mol. The van der Waals surface area contributed by atoms with Crippen molar-refractivity contribution in [2.45, 2.75) is 56.7 Å². The van der Waals surface area contributed by atoms with Gasteiger partial charge in [-0.05, 0) is 49.4 Å². The molecule has 5 heteroatoms. The average molecular weight is 482 g/mol. The Morgan fingerprint density at radius 2 is 1.72 bits per heavy atom. The number of nitrogens with zero attached hydrogens (tertiary/aromatic N) is 1. The standard InChI is InChI=1S/C31H35N3O2/c35-30(22-13-5-2-6-14-22)33-27-18-10-8-16-24(27)31(36)34-20-19-25-28(21-11-3-1-4-12-21)32-26-17-9-7-15-23(26)29(25)34/h1-7,9,11,13-15,17,21,24-25,27-29,32H,8,10,12,16,18-20H2,(H,33,35)/t21?,24?,25-,27-,28+,29+/m1/s1. The molecule has 2 aromatic carbocycles. The van der Waals surface area contributed by atoms with Crippen LogP contribution in [0.3, 0.4) is 0 Å². The van der Waals surface area contributed by atoms with Crippen LogP contribution in [0, 0.1) is 17.8 Å². The molecule has 2 fully saturated rings. The van der Waals surface area contributed by atoms with Gasteiger partial charge in [-0.1, -0.05) is 73.5 Å². The summed E-state index contributed by atoms with van der Waals surface area (Å²) in [6.45, 7) is 0.781. The van der Waals surface area contributed by atoms with Gasteiger partial charge < -0.3 is 15.5 Å². The molecule has 5 nitrogen and oxygen atoms in total. The van der Waals surface area contributed by atoms with Gasteiger partial charge in [-0.25, -0.2) is 0 Å². The normalized spacial score (nSPS) is 30.7. The van der Waals surface area contributed by atoms with Crippen LogP contribution in [0.5, 0.6) is 0 Å². The number of likely N-dealkylation sites (tertiary alicyclic amines) is 1. The average Bonchev–Trinajstić information content (AvgIpc) is 3.39. The summed E-state index contributed by atoms with van der Waals surface area (Å²) in [6.07, 6.45) is 14.7. The molecule has 6 rings (SSSR count). The van der Waals surface area contributed by atoms with Gasteiger partial charge in [0.25, 0.3) is 5.91 Å². The molecule has 2 aliphatic heterocycles. The van der Waals surface area contributed by atoms with Gasteiger partial charge in [0.15, 0.2) is 0 Å². The fourth-order valence-electron chi connectivity index (χ4n) is 6.95. The Bertz CT molecular complexity index is 1170. The second-order valence-corrected chi connectivity index (χ2v) is 10.7. The number of carbonyl (C=O) groups is 2. The highest BCUT2D eigenvalue weighted by Gasteiger charge is 2.49. The van der Waals surface area contributed by atoms with Gasteiger partial charge in [0, 0.05) is 41.7 Å². The van der Waals surface area contributed by atoms with Crippen LogP contribution < -0.4 is 10.6 Å². The van der Waals surface area contributed by atoms with E-state index in [0.29, 0.717) is 23.4 Å². The summed E-state index contributed by atoms with van der Waals surface area (Å²) in [6, 6.07) is 18.1. The van der Waals surface area contributed by atoms with Crippen molar-refractivity contribution in [3.05, 3.63) is 90.0 Å². The second-order valence-electron chi connectivity index (χ2n) is 10.7. The maximum Gasteiger partial charge on any atom is 0.251 e. The number of fused-ring (bicyclic) bond motifs is 3. The number of hydrogen-bond acceptors (Lipinski definition) is 3. The van der Waals surface area contributed by atoms with E-state index in [0.717, 1.165) is 50.8 Å². The molecule has 2 amide bonds. The number of rotatable bonds is 4. The molecular weight excluding hydrogens is 446 g/mol. The molecule has 36 heavy (non-hydrogen) atoms. The predicted octanol–water partition coefficient (Wildman–Crippen LogP) is 5.49. The molecule has 0 aromatic heterocycles. The number of carbonyl (C=O) groups excluding carboxylic acids is 2. The van der Waals surface area contributed by atoms with Gasteiger partial charge in [0.2, 0.25) is 5.91 Å². The van der Waals surface area contributed by atoms with Crippen molar-refractivity contribution in [3.8, 4) is 0 Å². The van der Waals surface area contributed by atoms with Crippen molar-refractivity contribution in [2.24, 2.45) is 17.8 Å². The van der Waals surface area contributed by atoms with E-state index in [4.69, 9.17) is 0 Å². The van der Waals surface area contributed by atoms with Gasteiger partial charge in [0.05, 0.1) is 12.0 Å². The first-order valence-corrected chi connectivity index (χ1v) is 13.6. The minimum absolute atomic E-state index is 0.0796. The topological polar surface area (TPSA) is 61.4 Å². The number of benzene rings is 2. The van der Waals surface area contributed by atoms with Crippen LogP contribution in [0.15, 0.2) is 78.9 Å². The highest BCUT2D eigenvalue weighted by atomic mass is 16.2. The number of amides is 2. The van der Waals surface area contributed by atoms with E-state index >= 15 is 0 Å². The molecule has 0 bridgehead atoms. The summed E-state index contributed by atoms with van der Waals surface area (Å²) in [5, 5.41) is 7.08. The number of nitrogens with one attached hydrogen (secondary N) is 2. The number of allylic oxidation sites excluding steroid dienone is 3. The Labute approximate surface area is 213 Å². The van der Waals surface area contributed by atoms with E-state index in [1.165, 1.54) is 5.56 Å². The first-order valence-electron chi connectivity index (χ1n) is 13.6. The van der Waals surface area contributed by atoms with Crippen LogP contribution in [0.1, 0.15) is 60.5 Å². The van der Waals surface area contributed by atoms with Gasteiger partial charge in [-0.2, -0.15) is 0 Å². The molecular formula is C31H35N3O2. The molecule has 186 valence electrons. The van der Waals surface area contributed by atoms with E-state index in [1.807, 2.05) is 30.3 Å². The molecule has 2 aromatic rings. The van der Waals surface area contributed by atoms with Crippen LogP contribution in [0.4, 0.5) is 5.69 Å². The first kappa shape index (κ1) is 23.1. The van der Waals surface area contributed by atoms with Crippen molar-refractivity contribution < 1.29 is 9.59 Å². The van der Waals surface area contributed by atoms with Crippen LogP contribution in [0.25, 0.3) is 0 Å². The molecule has 4 aliphatic rings. The van der Waals surface area contributed by atoms with Crippen molar-refractivity contribution >= 4 is 17.5 Å². The maximum absolute atomic E-state index is 14.2. The highest BCUT2D eigenvalue weighted by Crippen LogP contribution is 2.49. The molecule has 2 heterocycles. The molecule has 2 unspecified atom stereocenters. The van der Waals surface area contributed by atoms with Crippen LogP contribution >= 0.6 is 0 Å². The molecule has 2 aliphatic carbocycles. The Kier molecular flexibility index (Phi) is 6.39. The van der Waals surface area contributed by atoms with Crippen molar-refractivity contribution in [2.75, 3.05) is 11.9 Å². The lowest BCUT2D eigenvalue weighted by molar-refractivity contribution is -0.139. The minimum Gasteiger partial charge on any atom is -0.381 e. The van der Waals surface area contributed by atoms with E-state index < -0.39 is 0 Å². The van der Waals surface area contributed by atoms with Crippen LogP contribution in [0.2, 0.25) is 0 Å². The Balaban J connectivity index is 1.26. The summed E-state index contributed by atoms with van der Waals surface area (Å²) in [5.41, 5.74) is 3.05. The van der Waals surface area contributed by atoms with Gasteiger partial charge in [-0.3, -0.25) is 9.59 Å². The molecule has 0 spiro atoms. The summed E-state index contributed by atoms with van der Waals surface area (Å²) >= 11 is 0. The third-order valence-electron chi connectivity index (χ3n) is 8.70. The molecule has 0 radical (unpaired) electrons. The lowest BCUT2D eigenvalue weighted by Crippen LogP contribution is -2.51. The van der Waals surface area contributed by atoms with Gasteiger partial charge in [-0.15, -0.1) is 0 Å². The largest absolute Gasteiger partial charge is 0.381 e. The lowest BCUT2D eigenvalue weighted by atomic mass is 9.75. The zero-order valence-electron chi connectivity index (χ0n) is 20.7. The van der Waals surface area contributed by atoms with E-state index in [9.17, 15) is 9.59 Å². The first-order chi connectivity index (χ1) is 17.7. The van der Waals surface area contributed by atoms with Crippen molar-refractivity contribution in [1.29, 1.82) is 0 Å². The zero-order chi connectivity index (χ0) is 24.5. The van der Waals surface area contributed by atoms with Gasteiger partial charge >= 0.3 is 0 Å². The smallest absolute Gasteiger partial charge is 0.251 e. The molecule has 2 N–H and O–H groups in total. The molecule has 1 saturated carbocycles. The zero-order valence-corrected chi connectivity index (χ0v) is 20.7. The lowest BCUT2D eigenvalue weighted by Gasteiger charge is -2.44. The van der Waals surface area contributed by atoms with Crippen molar-refractivity contribution in [1.82, 2.24) is 10.2 Å². The van der Waals surface area contributed by atoms with E-state index in [-0.39, 0.29) is 29.8 Å². The van der Waals surface area contributed by atoms with Crippen LogP contribution in [-0.2, 0) is 4.79 Å². The summed E-state index contributed by atoms with van der Waals surface area (Å²) in [5.74, 6) is 0.784. The molecule has 6 atom stereocenters. The minimum atomic E-state index is -0.164. The van der Waals surface area contributed by atoms with Crippen LogP contribution in [-0.4, -0.2) is 35.3 Å². The third-order valence-corrected chi connectivity index (χ3v) is 8.70. The fraction of sp³-hybridized carbons (Fsp3) is 0.419. The number of hydrogen-bond donors (Lipinski definition) is 2. The van der Waals surface area contributed by atoms with Crippen molar-refractivity contribution in [3.63, 3.8) is 0 Å². The number of anilines is 1. The predicted molar refractivity (Wildman–Crippen MR) is 142 cm³/mol. The maximum atomic E-state index is 14.2. The summed E-state index contributed by atoms with van der Waals surface area (Å²) in [7, 11) is 0. The summed E-state index contributed by atoms with van der Waals surface area (Å²) in [4.78, 5) is 29.3. The SMILES string of the molecule is O=C(N[C@@H]1CCCCC1C(=O)N1CC[C@@H]2[C@H](C3C=CC=CC3)Nc3ccccc3[C@@H]21)c1ccccc1. The Hall–Kier alpha value is -3.34. The van der Waals surface area contributed by atoms with E-state index in [1.54, 1.807) is 0 Å². The van der Waals surface area contributed by atoms with E-state index in [2.05, 4.69) is 64.1 Å². The second kappa shape index (κ2) is 9.96. The Morgan fingerprint density at radius 1 is 0.917 bits per heavy atom. The third kappa shape index (κ3) is 4.25. The highest BCUT2D eigenvalue weighted by molar-refractivity contribution is 5.94. The quantitative estimate of drug-likeness (QED) is 0.607. The fourth-order valence-corrected chi connectivity index (χ4v) is 6.95. The number of para-hydroxylation sites is 1. The summed E-state index contributed by atoms with van der Waals surface area (Å²) < 4.78 is 0. The van der Waals surface area contributed by atoms with Gasteiger partial charge in [0.1, 0.15) is 0 Å².